The fourth-order valence-corrected chi connectivity index (χ4v) is 2.21. The van der Waals surface area contributed by atoms with E-state index < -0.39 is 0 Å². The highest BCUT2D eigenvalue weighted by atomic mass is 16.1. The van der Waals surface area contributed by atoms with E-state index in [1.54, 1.807) is 6.07 Å². The van der Waals surface area contributed by atoms with Gasteiger partial charge in [0.15, 0.2) is 0 Å². The SMILES string of the molecule is Cc1ccc(NC(=O)c2ccc(-n3cccc3)cc2)cc1N. The third-order valence-electron chi connectivity index (χ3n) is 3.57. The molecule has 0 fully saturated rings. The van der Waals surface area contributed by atoms with E-state index in [1.165, 1.54) is 0 Å². The Morgan fingerprint density at radius 1 is 1.05 bits per heavy atom. The van der Waals surface area contributed by atoms with Crippen LogP contribution in [-0.4, -0.2) is 10.5 Å². The van der Waals surface area contributed by atoms with Gasteiger partial charge in [-0.05, 0) is 61.0 Å². The van der Waals surface area contributed by atoms with Crippen molar-refractivity contribution >= 4 is 17.3 Å². The van der Waals surface area contributed by atoms with E-state index in [-0.39, 0.29) is 5.91 Å². The fraction of sp³-hybridized carbons (Fsp3) is 0.0556. The lowest BCUT2D eigenvalue weighted by molar-refractivity contribution is 0.102. The van der Waals surface area contributed by atoms with Gasteiger partial charge in [0.2, 0.25) is 0 Å². The molecule has 1 heterocycles. The zero-order valence-electron chi connectivity index (χ0n) is 12.3. The molecule has 22 heavy (non-hydrogen) atoms. The average Bonchev–Trinajstić information content (AvgIpc) is 3.05. The summed E-state index contributed by atoms with van der Waals surface area (Å²) >= 11 is 0. The molecule has 0 bridgehead atoms. The van der Waals surface area contributed by atoms with Crippen molar-refractivity contribution in [2.75, 3.05) is 11.1 Å². The minimum absolute atomic E-state index is 0.151. The van der Waals surface area contributed by atoms with Crippen molar-refractivity contribution in [3.05, 3.63) is 78.1 Å². The zero-order valence-corrected chi connectivity index (χ0v) is 12.3. The number of rotatable bonds is 3. The number of nitrogen functional groups attached to an aromatic ring is 1. The van der Waals surface area contributed by atoms with Crippen LogP contribution in [0.15, 0.2) is 67.0 Å². The van der Waals surface area contributed by atoms with Crippen LogP contribution in [0.1, 0.15) is 15.9 Å². The third-order valence-corrected chi connectivity index (χ3v) is 3.57. The Morgan fingerprint density at radius 2 is 1.73 bits per heavy atom. The topological polar surface area (TPSA) is 60.0 Å². The quantitative estimate of drug-likeness (QED) is 0.724. The molecule has 0 atom stereocenters. The molecule has 110 valence electrons. The maximum Gasteiger partial charge on any atom is 0.255 e. The van der Waals surface area contributed by atoms with Crippen molar-refractivity contribution in [3.8, 4) is 5.69 Å². The number of nitrogens with one attached hydrogen (secondary N) is 1. The normalized spacial score (nSPS) is 10.4. The summed E-state index contributed by atoms with van der Waals surface area (Å²) in [4.78, 5) is 12.2. The predicted molar refractivity (Wildman–Crippen MR) is 89.3 cm³/mol. The number of nitrogens with zero attached hydrogens (tertiary/aromatic N) is 1. The summed E-state index contributed by atoms with van der Waals surface area (Å²) in [6, 6.07) is 16.9. The summed E-state index contributed by atoms with van der Waals surface area (Å²) in [7, 11) is 0. The summed E-state index contributed by atoms with van der Waals surface area (Å²) in [6.45, 7) is 1.93. The molecular formula is C18H17N3O. The van der Waals surface area contributed by atoms with Crippen molar-refractivity contribution in [2.24, 2.45) is 0 Å². The molecule has 0 aliphatic heterocycles. The van der Waals surface area contributed by atoms with Gasteiger partial charge in [0.05, 0.1) is 0 Å². The van der Waals surface area contributed by atoms with E-state index in [0.717, 1.165) is 11.3 Å². The predicted octanol–water partition coefficient (Wildman–Crippen LogP) is 3.62. The van der Waals surface area contributed by atoms with Crippen LogP contribution in [0.4, 0.5) is 11.4 Å². The molecule has 0 unspecified atom stereocenters. The Morgan fingerprint density at radius 3 is 2.36 bits per heavy atom. The molecule has 0 saturated carbocycles. The van der Waals surface area contributed by atoms with Crippen LogP contribution in [0.2, 0.25) is 0 Å². The minimum Gasteiger partial charge on any atom is -0.398 e. The standard InChI is InChI=1S/C18H17N3O/c1-13-4-7-15(12-17(13)19)20-18(22)14-5-8-16(9-6-14)21-10-2-3-11-21/h2-12H,19H2,1H3,(H,20,22). The van der Waals surface area contributed by atoms with Crippen molar-refractivity contribution in [1.29, 1.82) is 0 Å². The van der Waals surface area contributed by atoms with Crippen LogP contribution in [0, 0.1) is 6.92 Å². The van der Waals surface area contributed by atoms with Crippen LogP contribution in [-0.2, 0) is 0 Å². The minimum atomic E-state index is -0.151. The maximum absolute atomic E-state index is 12.2. The number of anilines is 2. The first-order valence-corrected chi connectivity index (χ1v) is 7.04. The number of aryl methyl sites for hydroxylation is 1. The van der Waals surface area contributed by atoms with Crippen molar-refractivity contribution in [2.45, 2.75) is 6.92 Å². The Kier molecular flexibility index (Phi) is 3.66. The summed E-state index contributed by atoms with van der Waals surface area (Å²) in [5.74, 6) is -0.151. The number of carbonyl (C=O) groups is 1. The summed E-state index contributed by atoms with van der Waals surface area (Å²) < 4.78 is 1.99. The molecule has 0 spiro atoms. The number of hydrogen-bond donors (Lipinski definition) is 2. The van der Waals surface area contributed by atoms with Gasteiger partial charge in [-0.3, -0.25) is 4.79 Å². The average molecular weight is 291 g/mol. The zero-order chi connectivity index (χ0) is 15.5. The van der Waals surface area contributed by atoms with E-state index in [1.807, 2.05) is 72.4 Å². The number of carbonyl (C=O) groups excluding carboxylic acids is 1. The van der Waals surface area contributed by atoms with Crippen molar-refractivity contribution < 1.29 is 4.79 Å². The lowest BCUT2D eigenvalue weighted by Crippen LogP contribution is -2.12. The second kappa shape index (κ2) is 5.77. The molecule has 3 aromatic rings. The van der Waals surface area contributed by atoms with Gasteiger partial charge >= 0.3 is 0 Å². The van der Waals surface area contributed by atoms with Gasteiger partial charge in [-0.25, -0.2) is 0 Å². The summed E-state index contributed by atoms with van der Waals surface area (Å²) in [5, 5.41) is 2.85. The molecule has 0 aliphatic carbocycles. The van der Waals surface area contributed by atoms with E-state index in [2.05, 4.69) is 5.32 Å². The van der Waals surface area contributed by atoms with Crippen LogP contribution in [0.25, 0.3) is 5.69 Å². The summed E-state index contributed by atoms with van der Waals surface area (Å²) in [6.07, 6.45) is 3.92. The first kappa shape index (κ1) is 13.9. The highest BCUT2D eigenvalue weighted by Crippen LogP contribution is 2.18. The molecular weight excluding hydrogens is 274 g/mol. The van der Waals surface area contributed by atoms with Crippen LogP contribution in [0.5, 0.6) is 0 Å². The van der Waals surface area contributed by atoms with Crippen LogP contribution >= 0.6 is 0 Å². The first-order chi connectivity index (χ1) is 10.6. The van der Waals surface area contributed by atoms with Gasteiger partial charge in [-0.15, -0.1) is 0 Å². The molecule has 1 aromatic heterocycles. The molecule has 3 rings (SSSR count). The lowest BCUT2D eigenvalue weighted by atomic mass is 10.1. The van der Waals surface area contributed by atoms with Gasteiger partial charge in [0.25, 0.3) is 5.91 Å². The molecule has 3 N–H and O–H groups in total. The molecule has 0 saturated heterocycles. The monoisotopic (exact) mass is 291 g/mol. The van der Waals surface area contributed by atoms with E-state index >= 15 is 0 Å². The van der Waals surface area contributed by atoms with Gasteiger partial charge in [-0.1, -0.05) is 6.07 Å². The summed E-state index contributed by atoms with van der Waals surface area (Å²) in [5.41, 5.74) is 9.84. The van der Waals surface area contributed by atoms with Gasteiger partial charge in [0, 0.05) is 35.0 Å². The van der Waals surface area contributed by atoms with Gasteiger partial charge in [0.1, 0.15) is 0 Å². The van der Waals surface area contributed by atoms with Crippen LogP contribution in [0.3, 0.4) is 0 Å². The lowest BCUT2D eigenvalue weighted by Gasteiger charge is -2.08. The highest BCUT2D eigenvalue weighted by molar-refractivity contribution is 6.04. The molecule has 0 aliphatic rings. The van der Waals surface area contributed by atoms with E-state index in [0.29, 0.717) is 16.9 Å². The number of amides is 1. The second-order valence-corrected chi connectivity index (χ2v) is 5.16. The van der Waals surface area contributed by atoms with Crippen LogP contribution < -0.4 is 11.1 Å². The van der Waals surface area contributed by atoms with E-state index in [4.69, 9.17) is 5.73 Å². The number of hydrogen-bond acceptors (Lipinski definition) is 2. The largest absolute Gasteiger partial charge is 0.398 e. The Labute approximate surface area is 129 Å². The Bertz CT molecular complexity index is 790. The first-order valence-electron chi connectivity index (χ1n) is 7.04. The Hall–Kier alpha value is -3.01. The number of aromatic nitrogens is 1. The second-order valence-electron chi connectivity index (χ2n) is 5.16. The maximum atomic E-state index is 12.2. The molecule has 2 aromatic carbocycles. The molecule has 4 nitrogen and oxygen atoms in total. The molecule has 0 radical (unpaired) electrons. The third kappa shape index (κ3) is 2.86. The highest BCUT2D eigenvalue weighted by Gasteiger charge is 2.07. The number of benzene rings is 2. The molecule has 1 amide bonds. The molecule has 4 heteroatoms. The van der Waals surface area contributed by atoms with Gasteiger partial charge in [-0.2, -0.15) is 0 Å². The van der Waals surface area contributed by atoms with E-state index in [9.17, 15) is 4.79 Å². The Balaban J connectivity index is 1.76. The van der Waals surface area contributed by atoms with Gasteiger partial charge < -0.3 is 15.6 Å². The van der Waals surface area contributed by atoms with Crippen molar-refractivity contribution in [3.63, 3.8) is 0 Å². The van der Waals surface area contributed by atoms with Crippen molar-refractivity contribution in [1.82, 2.24) is 4.57 Å². The number of nitrogens with two attached hydrogens (primary N) is 1. The fourth-order valence-electron chi connectivity index (χ4n) is 2.21. The smallest absolute Gasteiger partial charge is 0.255 e.